The summed E-state index contributed by atoms with van der Waals surface area (Å²) in [6, 6.07) is 21.1. The molecule has 2 aromatic heterocycles. The molecule has 192 valence electrons. The molecule has 0 saturated carbocycles. The molecule has 3 heterocycles. The van der Waals surface area contributed by atoms with Gasteiger partial charge in [-0.15, -0.1) is 0 Å². The number of aromatic nitrogens is 3. The average molecular weight is 528 g/mol. The van der Waals surface area contributed by atoms with Crippen LogP contribution in [0, 0.1) is 11.3 Å². The van der Waals surface area contributed by atoms with Gasteiger partial charge in [-0.3, -0.25) is 9.59 Å². The number of anilines is 1. The van der Waals surface area contributed by atoms with Crippen molar-refractivity contribution in [3.8, 4) is 17.5 Å². The number of aromatic amines is 1. The number of H-pyrrole nitrogens is 1. The van der Waals surface area contributed by atoms with Gasteiger partial charge in [0.15, 0.2) is 5.82 Å². The Morgan fingerprint density at radius 1 is 1.11 bits per heavy atom. The Bertz CT molecular complexity index is 1540. The molecule has 5 rings (SSSR count). The number of amides is 2. The first-order valence-electron chi connectivity index (χ1n) is 12.3. The number of likely N-dealkylation sites (tertiary alicyclic amines) is 1. The van der Waals surface area contributed by atoms with Crippen molar-refractivity contribution in [2.45, 2.75) is 24.7 Å². The quantitative estimate of drug-likeness (QED) is 0.328. The van der Waals surface area contributed by atoms with Gasteiger partial charge in [-0.1, -0.05) is 60.1 Å². The number of carbonyl (C=O) groups excluding carboxylic acids is 2. The Labute approximate surface area is 224 Å². The normalized spacial score (nSPS) is 14.7. The summed E-state index contributed by atoms with van der Waals surface area (Å²) in [5, 5.41) is 14.4. The molecule has 9 nitrogen and oxygen atoms in total. The fourth-order valence-corrected chi connectivity index (χ4v) is 5.15. The molecular formula is C28H26ClN7O2. The first-order chi connectivity index (χ1) is 18.4. The van der Waals surface area contributed by atoms with Crippen molar-refractivity contribution in [1.82, 2.24) is 19.9 Å². The van der Waals surface area contributed by atoms with Gasteiger partial charge in [-0.25, -0.2) is 9.97 Å². The van der Waals surface area contributed by atoms with Crippen molar-refractivity contribution >= 4 is 40.3 Å². The van der Waals surface area contributed by atoms with Crippen LogP contribution in [0.5, 0.6) is 0 Å². The Balaban J connectivity index is 1.42. The van der Waals surface area contributed by atoms with Crippen LogP contribution in [0.4, 0.5) is 5.82 Å². The van der Waals surface area contributed by atoms with Gasteiger partial charge in [0.05, 0.1) is 16.9 Å². The van der Waals surface area contributed by atoms with Crippen LogP contribution in [0.1, 0.15) is 35.3 Å². The molecule has 4 aromatic rings. The van der Waals surface area contributed by atoms with Crippen molar-refractivity contribution < 1.29 is 9.59 Å². The fourth-order valence-electron chi connectivity index (χ4n) is 4.83. The van der Waals surface area contributed by atoms with Gasteiger partial charge in [0, 0.05) is 36.6 Å². The maximum absolute atomic E-state index is 13.5. The Morgan fingerprint density at radius 2 is 1.82 bits per heavy atom. The number of carbonyl (C=O) groups is 2. The minimum absolute atomic E-state index is 0.141. The van der Waals surface area contributed by atoms with Gasteiger partial charge in [0.25, 0.3) is 5.91 Å². The van der Waals surface area contributed by atoms with Gasteiger partial charge in [-0.05, 0) is 30.5 Å². The molecule has 2 aromatic carbocycles. The van der Waals surface area contributed by atoms with Gasteiger partial charge in [0.2, 0.25) is 5.91 Å². The summed E-state index contributed by atoms with van der Waals surface area (Å²) >= 11 is 6.41. The zero-order valence-electron chi connectivity index (χ0n) is 20.6. The van der Waals surface area contributed by atoms with Crippen LogP contribution in [0.25, 0.3) is 22.4 Å². The predicted molar refractivity (Wildman–Crippen MR) is 146 cm³/mol. The molecule has 0 unspecified atom stereocenters. The zero-order chi connectivity index (χ0) is 26.7. The number of halogens is 1. The first kappa shape index (κ1) is 25.2. The number of rotatable bonds is 7. The summed E-state index contributed by atoms with van der Waals surface area (Å²) in [4.78, 5) is 39.0. The smallest absolute Gasteiger partial charge is 0.270 e. The number of benzene rings is 2. The SMILES string of the molecule is N#CC1(c2ccccc2Cl)CCN(C(=O)c2cc3c(NCCC(N)=O)nc(-c4ccccc4)nc3[nH]2)CC1. The lowest BCUT2D eigenvalue weighted by Crippen LogP contribution is -2.44. The molecule has 4 N–H and O–H groups in total. The van der Waals surface area contributed by atoms with Crippen molar-refractivity contribution in [1.29, 1.82) is 5.26 Å². The number of primary amides is 1. The van der Waals surface area contributed by atoms with Crippen molar-refractivity contribution in [2.75, 3.05) is 25.0 Å². The molecular weight excluding hydrogens is 502 g/mol. The van der Waals surface area contributed by atoms with Gasteiger partial charge in [-0.2, -0.15) is 5.26 Å². The highest BCUT2D eigenvalue weighted by molar-refractivity contribution is 6.31. The van der Waals surface area contributed by atoms with Crippen molar-refractivity contribution in [3.63, 3.8) is 0 Å². The molecule has 10 heteroatoms. The second-order valence-corrected chi connectivity index (χ2v) is 9.72. The van der Waals surface area contributed by atoms with E-state index in [1.807, 2.05) is 48.5 Å². The third-order valence-electron chi connectivity index (χ3n) is 6.92. The predicted octanol–water partition coefficient (Wildman–Crippen LogP) is 4.26. The number of nitrogens with one attached hydrogen (secondary N) is 2. The van der Waals surface area contributed by atoms with E-state index in [-0.39, 0.29) is 12.3 Å². The molecule has 1 fully saturated rings. The monoisotopic (exact) mass is 527 g/mol. The molecule has 0 spiro atoms. The van der Waals surface area contributed by atoms with E-state index in [1.54, 1.807) is 17.0 Å². The molecule has 2 amide bonds. The van der Waals surface area contributed by atoms with Gasteiger partial charge in [0.1, 0.15) is 17.2 Å². The lowest BCUT2D eigenvalue weighted by atomic mass is 9.74. The summed E-state index contributed by atoms with van der Waals surface area (Å²) in [6.45, 7) is 1.13. The van der Waals surface area contributed by atoms with Gasteiger partial charge < -0.3 is 20.9 Å². The molecule has 0 aliphatic carbocycles. The zero-order valence-corrected chi connectivity index (χ0v) is 21.3. The Morgan fingerprint density at radius 3 is 2.50 bits per heavy atom. The minimum Gasteiger partial charge on any atom is -0.370 e. The van der Waals surface area contributed by atoms with Crippen LogP contribution >= 0.6 is 11.6 Å². The number of nitriles is 1. The number of fused-ring (bicyclic) bond motifs is 1. The average Bonchev–Trinajstić information content (AvgIpc) is 3.38. The number of hydrogen-bond donors (Lipinski definition) is 3. The highest BCUT2D eigenvalue weighted by Crippen LogP contribution is 2.39. The molecule has 0 bridgehead atoms. The summed E-state index contributed by atoms with van der Waals surface area (Å²) in [7, 11) is 0. The van der Waals surface area contributed by atoms with Crippen molar-refractivity contribution in [3.05, 3.63) is 76.9 Å². The Hall–Kier alpha value is -4.42. The number of nitrogens with two attached hydrogens (primary N) is 1. The van der Waals surface area contributed by atoms with E-state index in [1.165, 1.54) is 0 Å². The van der Waals surface area contributed by atoms with Crippen LogP contribution in [0.2, 0.25) is 5.02 Å². The maximum Gasteiger partial charge on any atom is 0.270 e. The highest BCUT2D eigenvalue weighted by atomic mass is 35.5. The van der Waals surface area contributed by atoms with E-state index >= 15 is 0 Å². The van der Waals surface area contributed by atoms with Crippen LogP contribution in [0.15, 0.2) is 60.7 Å². The third-order valence-corrected chi connectivity index (χ3v) is 7.25. The second-order valence-electron chi connectivity index (χ2n) is 9.32. The van der Waals surface area contributed by atoms with E-state index < -0.39 is 11.3 Å². The van der Waals surface area contributed by atoms with Gasteiger partial charge >= 0.3 is 0 Å². The molecule has 0 radical (unpaired) electrons. The second kappa shape index (κ2) is 10.5. The van der Waals surface area contributed by atoms with Crippen LogP contribution in [-0.2, 0) is 10.2 Å². The highest BCUT2D eigenvalue weighted by Gasteiger charge is 2.39. The Kier molecular flexibility index (Phi) is 6.99. The van der Waals surface area contributed by atoms with E-state index in [0.29, 0.717) is 65.9 Å². The molecule has 1 aliphatic heterocycles. The summed E-state index contributed by atoms with van der Waals surface area (Å²) in [5.74, 6) is 0.382. The topological polar surface area (TPSA) is 141 Å². The van der Waals surface area contributed by atoms with Crippen LogP contribution in [-0.4, -0.2) is 51.3 Å². The lowest BCUT2D eigenvalue weighted by Gasteiger charge is -2.37. The summed E-state index contributed by atoms with van der Waals surface area (Å²) in [6.07, 6.45) is 1.11. The van der Waals surface area contributed by atoms with E-state index in [0.717, 1.165) is 11.1 Å². The van der Waals surface area contributed by atoms with Crippen LogP contribution in [0.3, 0.4) is 0 Å². The third kappa shape index (κ3) is 4.91. The van der Waals surface area contributed by atoms with Crippen molar-refractivity contribution in [2.24, 2.45) is 5.73 Å². The minimum atomic E-state index is -0.733. The molecule has 1 saturated heterocycles. The summed E-state index contributed by atoms with van der Waals surface area (Å²) < 4.78 is 0. The number of piperidine rings is 1. The summed E-state index contributed by atoms with van der Waals surface area (Å²) in [5.41, 5.74) is 7.06. The molecule has 0 atom stereocenters. The van der Waals surface area contributed by atoms with E-state index in [4.69, 9.17) is 17.3 Å². The van der Waals surface area contributed by atoms with Crippen LogP contribution < -0.4 is 11.1 Å². The number of hydrogen-bond acceptors (Lipinski definition) is 6. The van der Waals surface area contributed by atoms with E-state index in [2.05, 4.69) is 26.3 Å². The maximum atomic E-state index is 13.5. The molecule has 38 heavy (non-hydrogen) atoms. The largest absolute Gasteiger partial charge is 0.370 e. The molecule has 1 aliphatic rings. The first-order valence-corrected chi connectivity index (χ1v) is 12.7. The van der Waals surface area contributed by atoms with E-state index in [9.17, 15) is 14.9 Å². The standard InChI is InChI=1S/C28H26ClN7O2/c29-21-9-5-4-8-20(21)28(17-30)11-14-36(15-12-28)27(38)22-16-19-25(32-13-10-23(31)37)34-24(35-26(19)33-22)18-6-2-1-3-7-18/h1-9,16H,10-15H2,(H2,31,37)(H2,32,33,34,35). The lowest BCUT2D eigenvalue weighted by molar-refractivity contribution is -0.117. The number of nitrogens with zero attached hydrogens (tertiary/aromatic N) is 4. The fraction of sp³-hybridized carbons (Fsp3) is 0.250.